The zero-order valence-electron chi connectivity index (χ0n) is 19.4. The van der Waals surface area contributed by atoms with E-state index >= 15 is 0 Å². The van der Waals surface area contributed by atoms with Crippen LogP contribution in [0.1, 0.15) is 18.9 Å². The Morgan fingerprint density at radius 3 is 2.50 bits per heavy atom. The molecule has 8 heteroatoms. The number of benzene rings is 1. The molecule has 3 amide bonds. The average molecular weight is 466 g/mol. The van der Waals surface area contributed by atoms with Gasteiger partial charge in [0.2, 0.25) is 17.7 Å². The molecular weight excluding hydrogens is 434 g/mol. The molecule has 0 aliphatic carbocycles. The maximum Gasteiger partial charge on any atom is 0.249 e. The van der Waals surface area contributed by atoms with Crippen molar-refractivity contribution in [1.29, 1.82) is 0 Å². The summed E-state index contributed by atoms with van der Waals surface area (Å²) in [7, 11) is 0. The fraction of sp³-hybridized carbons (Fsp3) is 0.500. The molecule has 34 heavy (non-hydrogen) atoms. The maximum atomic E-state index is 13.9. The molecule has 0 bridgehead atoms. The number of carbonyl (C=O) groups excluding carboxylic acids is 3. The molecular formula is C26H31N3O5. The van der Waals surface area contributed by atoms with Crippen LogP contribution in [0.15, 0.2) is 54.6 Å². The topological polar surface area (TPSA) is 90.4 Å². The van der Waals surface area contributed by atoms with E-state index in [0.29, 0.717) is 26.2 Å². The highest BCUT2D eigenvalue weighted by molar-refractivity contribution is 5.99. The van der Waals surface area contributed by atoms with Crippen LogP contribution in [-0.4, -0.2) is 88.1 Å². The Hall–Kier alpha value is -2.97. The van der Waals surface area contributed by atoms with Gasteiger partial charge in [0, 0.05) is 32.7 Å². The number of hydrogen-bond acceptors (Lipinski definition) is 5. The Morgan fingerprint density at radius 1 is 1.00 bits per heavy atom. The van der Waals surface area contributed by atoms with E-state index in [1.807, 2.05) is 61.6 Å². The van der Waals surface area contributed by atoms with Crippen LogP contribution in [0, 0.1) is 11.8 Å². The number of aliphatic hydroxyl groups excluding tert-OH is 1. The fourth-order valence-corrected chi connectivity index (χ4v) is 6.00. The molecule has 1 aromatic carbocycles. The smallest absolute Gasteiger partial charge is 0.249 e. The van der Waals surface area contributed by atoms with E-state index < -0.39 is 29.6 Å². The van der Waals surface area contributed by atoms with Crippen LogP contribution in [0.2, 0.25) is 0 Å². The lowest BCUT2D eigenvalue weighted by molar-refractivity contribution is -0.148. The summed E-state index contributed by atoms with van der Waals surface area (Å²) in [5, 5.41) is 9.73. The predicted molar refractivity (Wildman–Crippen MR) is 124 cm³/mol. The summed E-state index contributed by atoms with van der Waals surface area (Å²) >= 11 is 0. The molecule has 8 nitrogen and oxygen atoms in total. The fourth-order valence-electron chi connectivity index (χ4n) is 6.00. The van der Waals surface area contributed by atoms with Crippen molar-refractivity contribution in [2.24, 2.45) is 11.8 Å². The standard InChI is InChI=1S/C26H31N3O5/c1-2-12-27-13-6-10-19-20(23(27)31)21-24(32)29(15-16-30)22-25(33)28(14-7-11-26(21,22)34-19)17-18-8-4-3-5-9-18/h3-11,19-22,30H,2,12-17H2,1H3/t19-,20+,21-,22?,26-/m0/s1. The highest BCUT2D eigenvalue weighted by atomic mass is 16.5. The predicted octanol–water partition coefficient (Wildman–Crippen LogP) is 0.967. The van der Waals surface area contributed by atoms with Crippen molar-refractivity contribution in [1.82, 2.24) is 14.7 Å². The Balaban J connectivity index is 1.54. The minimum Gasteiger partial charge on any atom is -0.395 e. The Bertz CT molecular complexity index is 1020. The number of β-amino-alcohol motifs (C(OH)–C–C–N with tert-alkyl or cyclic N) is 1. The van der Waals surface area contributed by atoms with Gasteiger partial charge in [-0.25, -0.2) is 0 Å². The number of fused-ring (bicyclic) bond motifs is 2. The van der Waals surface area contributed by atoms with Crippen molar-refractivity contribution in [3.8, 4) is 0 Å². The van der Waals surface area contributed by atoms with E-state index in [4.69, 9.17) is 4.74 Å². The zero-order chi connectivity index (χ0) is 23.9. The Morgan fingerprint density at radius 2 is 1.76 bits per heavy atom. The molecule has 0 radical (unpaired) electrons. The summed E-state index contributed by atoms with van der Waals surface area (Å²) in [5.74, 6) is -2.13. The molecule has 1 unspecified atom stereocenters. The highest BCUT2D eigenvalue weighted by Gasteiger charge is 2.71. The van der Waals surface area contributed by atoms with Crippen LogP contribution in [-0.2, 0) is 25.7 Å². The summed E-state index contributed by atoms with van der Waals surface area (Å²) in [6.45, 7) is 3.63. The summed E-state index contributed by atoms with van der Waals surface area (Å²) in [6, 6.07) is 8.77. The molecule has 2 fully saturated rings. The third kappa shape index (κ3) is 3.47. The van der Waals surface area contributed by atoms with Crippen LogP contribution in [0.5, 0.6) is 0 Å². The van der Waals surface area contributed by atoms with Gasteiger partial charge in [-0.15, -0.1) is 0 Å². The number of rotatable bonds is 6. The molecule has 0 saturated carbocycles. The summed E-state index contributed by atoms with van der Waals surface area (Å²) in [6.07, 6.45) is 7.75. The van der Waals surface area contributed by atoms with Gasteiger partial charge in [-0.2, -0.15) is 0 Å². The number of nitrogens with zero attached hydrogens (tertiary/aromatic N) is 3. The second-order valence-corrected chi connectivity index (χ2v) is 9.42. The molecule has 4 aliphatic rings. The first-order valence-corrected chi connectivity index (χ1v) is 12.1. The molecule has 1 aromatic rings. The van der Waals surface area contributed by atoms with E-state index in [9.17, 15) is 19.5 Å². The molecule has 2 saturated heterocycles. The molecule has 4 aliphatic heterocycles. The van der Waals surface area contributed by atoms with Crippen LogP contribution < -0.4 is 0 Å². The van der Waals surface area contributed by atoms with E-state index in [1.165, 1.54) is 4.90 Å². The van der Waals surface area contributed by atoms with Crippen molar-refractivity contribution in [2.45, 2.75) is 37.6 Å². The molecule has 4 heterocycles. The van der Waals surface area contributed by atoms with Gasteiger partial charge in [0.15, 0.2) is 0 Å². The number of ether oxygens (including phenoxy) is 1. The summed E-state index contributed by atoms with van der Waals surface area (Å²) in [4.78, 5) is 46.2. The highest BCUT2D eigenvalue weighted by Crippen LogP contribution is 2.53. The lowest BCUT2D eigenvalue weighted by Crippen LogP contribution is -2.55. The lowest BCUT2D eigenvalue weighted by atomic mass is 9.77. The van der Waals surface area contributed by atoms with E-state index in [0.717, 1.165) is 12.0 Å². The quantitative estimate of drug-likeness (QED) is 0.633. The van der Waals surface area contributed by atoms with Gasteiger partial charge in [-0.05, 0) is 12.0 Å². The van der Waals surface area contributed by atoms with Crippen molar-refractivity contribution < 1.29 is 24.2 Å². The van der Waals surface area contributed by atoms with Crippen LogP contribution in [0.3, 0.4) is 0 Å². The van der Waals surface area contributed by atoms with Crippen LogP contribution in [0.25, 0.3) is 0 Å². The van der Waals surface area contributed by atoms with Gasteiger partial charge in [0.1, 0.15) is 11.6 Å². The number of hydrogen-bond donors (Lipinski definition) is 1. The molecule has 1 spiro atoms. The summed E-state index contributed by atoms with van der Waals surface area (Å²) < 4.78 is 6.54. The number of amides is 3. The third-order valence-corrected chi connectivity index (χ3v) is 7.38. The van der Waals surface area contributed by atoms with E-state index in [1.54, 1.807) is 9.80 Å². The zero-order valence-corrected chi connectivity index (χ0v) is 19.4. The Kier molecular flexibility index (Phi) is 6.04. The second kappa shape index (κ2) is 9.00. The molecule has 0 aromatic heterocycles. The average Bonchev–Trinajstić information content (AvgIpc) is 3.15. The normalized spacial score (nSPS) is 32.5. The molecule has 5 rings (SSSR count). The van der Waals surface area contributed by atoms with Gasteiger partial charge in [-0.3, -0.25) is 14.4 Å². The van der Waals surface area contributed by atoms with Gasteiger partial charge in [0.25, 0.3) is 0 Å². The monoisotopic (exact) mass is 465 g/mol. The van der Waals surface area contributed by atoms with Gasteiger partial charge >= 0.3 is 0 Å². The third-order valence-electron chi connectivity index (χ3n) is 7.38. The van der Waals surface area contributed by atoms with Gasteiger partial charge < -0.3 is 24.5 Å². The SMILES string of the molecule is CCCN1CC=C[C@@H]2O[C@]34C=CCN(Cc5ccccc5)C(=O)C3N(CCO)C(=O)[C@@H]4[C@@H]2C1=O. The van der Waals surface area contributed by atoms with Gasteiger partial charge in [0.05, 0.1) is 24.5 Å². The van der Waals surface area contributed by atoms with Crippen molar-refractivity contribution in [3.63, 3.8) is 0 Å². The lowest BCUT2D eigenvalue weighted by Gasteiger charge is -2.35. The van der Waals surface area contributed by atoms with Crippen molar-refractivity contribution >= 4 is 17.7 Å². The molecule has 1 N–H and O–H groups in total. The van der Waals surface area contributed by atoms with Crippen molar-refractivity contribution in [3.05, 3.63) is 60.2 Å². The van der Waals surface area contributed by atoms with Crippen molar-refractivity contribution in [2.75, 3.05) is 32.8 Å². The van der Waals surface area contributed by atoms with E-state index in [-0.39, 0.29) is 30.9 Å². The van der Waals surface area contributed by atoms with E-state index in [2.05, 4.69) is 0 Å². The van der Waals surface area contributed by atoms with Crippen LogP contribution in [0.4, 0.5) is 0 Å². The second-order valence-electron chi connectivity index (χ2n) is 9.42. The minimum atomic E-state index is -1.24. The number of aliphatic hydroxyl groups is 1. The first-order chi connectivity index (χ1) is 16.5. The van der Waals surface area contributed by atoms with Gasteiger partial charge in [-0.1, -0.05) is 61.6 Å². The molecule has 5 atom stereocenters. The first-order valence-electron chi connectivity index (χ1n) is 12.1. The first kappa shape index (κ1) is 22.8. The Labute approximate surface area is 199 Å². The van der Waals surface area contributed by atoms with Crippen LogP contribution >= 0.6 is 0 Å². The maximum absolute atomic E-state index is 13.9. The number of likely N-dealkylation sites (tertiary alicyclic amines) is 1. The summed E-state index contributed by atoms with van der Waals surface area (Å²) in [5.41, 5.74) is -0.250. The largest absolute Gasteiger partial charge is 0.395 e. The minimum absolute atomic E-state index is 0.0178. The molecule has 180 valence electrons. The number of carbonyl (C=O) groups is 3.